The van der Waals surface area contributed by atoms with Crippen LogP contribution in [0.25, 0.3) is 0 Å². The number of hydrogen-bond donors (Lipinski definition) is 2. The minimum atomic E-state index is -1.41. The molecular weight excluding hydrogens is 201 g/mol. The van der Waals surface area contributed by atoms with Gasteiger partial charge in [-0.05, 0) is 24.6 Å². The highest BCUT2D eigenvalue weighted by Crippen LogP contribution is 2.15. The van der Waals surface area contributed by atoms with Gasteiger partial charge in [-0.15, -0.1) is 0 Å². The van der Waals surface area contributed by atoms with Gasteiger partial charge in [0.15, 0.2) is 0 Å². The SMILES string of the molecule is C[C@](N)(Cc1ccc(O)cc1)C(=O)OF. The maximum Gasteiger partial charge on any atom is 0.368 e. The Kier molecular flexibility index (Phi) is 3.26. The fourth-order valence-electron chi connectivity index (χ4n) is 1.20. The minimum absolute atomic E-state index is 0.116. The summed E-state index contributed by atoms with van der Waals surface area (Å²) in [6.07, 6.45) is 0.135. The first kappa shape index (κ1) is 11.5. The molecule has 0 fully saturated rings. The van der Waals surface area contributed by atoms with Gasteiger partial charge in [-0.25, -0.2) is 4.79 Å². The molecule has 1 rings (SSSR count). The molecule has 5 heteroatoms. The number of carbonyl (C=O) groups excluding carboxylic acids is 1. The van der Waals surface area contributed by atoms with Crippen molar-refractivity contribution in [2.24, 2.45) is 5.73 Å². The Morgan fingerprint density at radius 1 is 1.53 bits per heavy atom. The molecular formula is C10H12FNO3. The zero-order valence-electron chi connectivity index (χ0n) is 8.24. The van der Waals surface area contributed by atoms with Crippen LogP contribution in [0.1, 0.15) is 12.5 Å². The summed E-state index contributed by atoms with van der Waals surface area (Å²) in [5.41, 5.74) is 4.86. The van der Waals surface area contributed by atoms with Gasteiger partial charge in [-0.3, -0.25) is 4.94 Å². The van der Waals surface area contributed by atoms with E-state index in [1.165, 1.54) is 19.1 Å². The zero-order valence-corrected chi connectivity index (χ0v) is 8.24. The van der Waals surface area contributed by atoms with Gasteiger partial charge in [0.25, 0.3) is 0 Å². The largest absolute Gasteiger partial charge is 0.508 e. The number of rotatable bonds is 3. The van der Waals surface area contributed by atoms with E-state index in [4.69, 9.17) is 10.8 Å². The first-order valence-corrected chi connectivity index (χ1v) is 4.35. The minimum Gasteiger partial charge on any atom is -0.508 e. The number of phenols is 1. The van der Waals surface area contributed by atoms with E-state index in [9.17, 15) is 9.32 Å². The van der Waals surface area contributed by atoms with Crippen molar-refractivity contribution in [3.63, 3.8) is 0 Å². The van der Waals surface area contributed by atoms with Gasteiger partial charge in [0, 0.05) is 10.9 Å². The van der Waals surface area contributed by atoms with Crippen LogP contribution in [0, 0.1) is 0 Å². The normalized spacial score (nSPS) is 14.3. The van der Waals surface area contributed by atoms with E-state index in [1.54, 1.807) is 12.1 Å². The summed E-state index contributed by atoms with van der Waals surface area (Å²) in [5.74, 6) is -0.999. The van der Waals surface area contributed by atoms with Crippen LogP contribution in [0.5, 0.6) is 5.75 Å². The van der Waals surface area contributed by atoms with E-state index in [-0.39, 0.29) is 12.2 Å². The molecule has 0 spiro atoms. The summed E-state index contributed by atoms with van der Waals surface area (Å²) in [6.45, 7) is 1.38. The molecule has 1 aromatic carbocycles. The average molecular weight is 213 g/mol. The van der Waals surface area contributed by atoms with Crippen LogP contribution in [-0.4, -0.2) is 16.6 Å². The van der Waals surface area contributed by atoms with Crippen molar-refractivity contribution in [2.75, 3.05) is 0 Å². The second-order valence-corrected chi connectivity index (χ2v) is 3.63. The van der Waals surface area contributed by atoms with E-state index in [2.05, 4.69) is 4.94 Å². The summed E-state index contributed by atoms with van der Waals surface area (Å²) >= 11 is 0. The molecule has 0 aliphatic heterocycles. The third-order valence-corrected chi connectivity index (χ3v) is 2.04. The zero-order chi connectivity index (χ0) is 11.5. The third kappa shape index (κ3) is 2.92. The lowest BCUT2D eigenvalue weighted by Crippen LogP contribution is -2.47. The molecule has 0 bridgehead atoms. The predicted molar refractivity (Wildman–Crippen MR) is 51.6 cm³/mol. The maximum absolute atomic E-state index is 11.7. The highest BCUT2D eigenvalue weighted by molar-refractivity contribution is 5.79. The molecule has 1 aromatic rings. The number of carbonyl (C=O) groups is 1. The molecule has 0 saturated heterocycles. The van der Waals surface area contributed by atoms with Gasteiger partial charge >= 0.3 is 5.97 Å². The number of benzene rings is 1. The molecule has 3 N–H and O–H groups in total. The van der Waals surface area contributed by atoms with Gasteiger partial charge in [-0.2, -0.15) is 0 Å². The van der Waals surface area contributed by atoms with E-state index in [1.807, 2.05) is 0 Å². The van der Waals surface area contributed by atoms with Gasteiger partial charge in [-0.1, -0.05) is 12.1 Å². The highest BCUT2D eigenvalue weighted by atomic mass is 19.3. The van der Waals surface area contributed by atoms with Crippen LogP contribution in [0.15, 0.2) is 24.3 Å². The van der Waals surface area contributed by atoms with Crippen LogP contribution in [0.2, 0.25) is 0 Å². The highest BCUT2D eigenvalue weighted by Gasteiger charge is 2.31. The third-order valence-electron chi connectivity index (χ3n) is 2.04. The van der Waals surface area contributed by atoms with Gasteiger partial charge in [0.05, 0.1) is 0 Å². The molecule has 0 heterocycles. The van der Waals surface area contributed by atoms with E-state index in [0.717, 1.165) is 0 Å². The fraction of sp³-hybridized carbons (Fsp3) is 0.300. The van der Waals surface area contributed by atoms with Crippen LogP contribution < -0.4 is 5.73 Å². The van der Waals surface area contributed by atoms with Crippen molar-refractivity contribution < 1.29 is 19.4 Å². The molecule has 82 valence electrons. The van der Waals surface area contributed by atoms with E-state index in [0.29, 0.717) is 5.56 Å². The van der Waals surface area contributed by atoms with Crippen molar-refractivity contribution in [3.05, 3.63) is 29.8 Å². The summed E-state index contributed by atoms with van der Waals surface area (Å²) in [4.78, 5) is 14.0. The van der Waals surface area contributed by atoms with Gasteiger partial charge < -0.3 is 10.8 Å². The quantitative estimate of drug-likeness (QED) is 0.788. The van der Waals surface area contributed by atoms with Crippen molar-refractivity contribution in [1.82, 2.24) is 0 Å². The molecule has 0 radical (unpaired) electrons. The summed E-state index contributed by atoms with van der Waals surface area (Å²) < 4.78 is 11.7. The predicted octanol–water partition coefficient (Wildman–Crippen LogP) is 1.08. The Morgan fingerprint density at radius 2 is 2.07 bits per heavy atom. The summed E-state index contributed by atoms with van der Waals surface area (Å²) in [6, 6.07) is 6.14. The number of nitrogens with two attached hydrogens (primary N) is 1. The second-order valence-electron chi connectivity index (χ2n) is 3.63. The maximum atomic E-state index is 11.7. The van der Waals surface area contributed by atoms with Crippen molar-refractivity contribution in [3.8, 4) is 5.75 Å². The Hall–Kier alpha value is -1.62. The standard InChI is InChI=1S/C10H12FNO3/c1-10(12,9(14)15-11)6-7-2-4-8(13)5-3-7/h2-5,13H,6,12H2,1H3/t10-/m0/s1. The topological polar surface area (TPSA) is 72.5 Å². The number of aromatic hydroxyl groups is 1. The lowest BCUT2D eigenvalue weighted by molar-refractivity contribution is -0.190. The molecule has 0 amide bonds. The number of hydrogen-bond acceptors (Lipinski definition) is 4. The molecule has 0 saturated carbocycles. The van der Waals surface area contributed by atoms with Crippen LogP contribution >= 0.6 is 0 Å². The summed E-state index contributed by atoms with van der Waals surface area (Å²) in [5, 5.41) is 9.03. The molecule has 4 nitrogen and oxygen atoms in total. The van der Waals surface area contributed by atoms with Crippen molar-refractivity contribution in [2.45, 2.75) is 18.9 Å². The number of halogens is 1. The smallest absolute Gasteiger partial charge is 0.368 e. The second kappa shape index (κ2) is 4.27. The Balaban J connectivity index is 2.77. The van der Waals surface area contributed by atoms with E-state index < -0.39 is 11.5 Å². The van der Waals surface area contributed by atoms with Crippen molar-refractivity contribution in [1.29, 1.82) is 0 Å². The Bertz CT molecular complexity index is 348. The Morgan fingerprint density at radius 3 is 2.53 bits per heavy atom. The van der Waals surface area contributed by atoms with E-state index >= 15 is 0 Å². The van der Waals surface area contributed by atoms with Crippen LogP contribution in [-0.2, 0) is 16.2 Å². The first-order chi connectivity index (χ1) is 6.95. The molecule has 0 aliphatic rings. The number of phenolic OH excluding ortho intramolecular Hbond substituents is 1. The van der Waals surface area contributed by atoms with Gasteiger partial charge in [0.2, 0.25) is 0 Å². The first-order valence-electron chi connectivity index (χ1n) is 4.35. The molecule has 15 heavy (non-hydrogen) atoms. The lowest BCUT2D eigenvalue weighted by atomic mass is 9.94. The average Bonchev–Trinajstić information content (AvgIpc) is 2.20. The van der Waals surface area contributed by atoms with Crippen LogP contribution in [0.3, 0.4) is 0 Å². The van der Waals surface area contributed by atoms with Crippen molar-refractivity contribution >= 4 is 5.97 Å². The van der Waals surface area contributed by atoms with Gasteiger partial charge in [0.1, 0.15) is 11.3 Å². The molecule has 0 aliphatic carbocycles. The lowest BCUT2D eigenvalue weighted by Gasteiger charge is -2.19. The van der Waals surface area contributed by atoms with Crippen LogP contribution in [0.4, 0.5) is 4.53 Å². The Labute approximate surface area is 86.4 Å². The monoisotopic (exact) mass is 213 g/mol. The molecule has 0 aromatic heterocycles. The summed E-state index contributed by atoms with van der Waals surface area (Å²) in [7, 11) is 0. The molecule has 0 unspecified atom stereocenters. The molecule has 1 atom stereocenters. The fourth-order valence-corrected chi connectivity index (χ4v) is 1.20.